The van der Waals surface area contributed by atoms with Crippen LogP contribution in [0, 0.1) is 10.1 Å². The van der Waals surface area contributed by atoms with Crippen molar-refractivity contribution in [2.45, 2.75) is 6.61 Å². The lowest BCUT2D eigenvalue weighted by Crippen LogP contribution is -2.22. The Hall–Kier alpha value is -2.22. The minimum absolute atomic E-state index is 0.0889. The monoisotopic (exact) mass is 262 g/mol. The van der Waals surface area contributed by atoms with Crippen LogP contribution in [0.2, 0.25) is 5.02 Å². The highest BCUT2D eigenvalue weighted by Crippen LogP contribution is 2.09. The maximum atomic E-state index is 8.36. The number of rotatable bonds is 3. The van der Waals surface area contributed by atoms with Crippen molar-refractivity contribution in [2.75, 3.05) is 0 Å². The Bertz CT molecular complexity index is 374. The third kappa shape index (κ3) is 10.1. The van der Waals surface area contributed by atoms with Gasteiger partial charge in [-0.2, -0.15) is 0 Å². The van der Waals surface area contributed by atoms with Crippen LogP contribution in [0.15, 0.2) is 29.4 Å². The van der Waals surface area contributed by atoms with Crippen molar-refractivity contribution in [1.29, 1.82) is 0 Å². The largest absolute Gasteiger partial charge is 0.388 e. The van der Waals surface area contributed by atoms with Gasteiger partial charge in [0.15, 0.2) is 0 Å². The predicted octanol–water partition coefficient (Wildman–Crippen LogP) is 0.697. The van der Waals surface area contributed by atoms with Crippen molar-refractivity contribution in [2.24, 2.45) is 16.6 Å². The van der Waals surface area contributed by atoms with Crippen LogP contribution in [-0.4, -0.2) is 16.3 Å². The molecule has 0 aromatic heterocycles. The Kier molecular flexibility index (Phi) is 6.95. The molecule has 1 aromatic carbocycles. The van der Waals surface area contributed by atoms with E-state index in [4.69, 9.17) is 43.2 Å². The van der Waals surface area contributed by atoms with Crippen molar-refractivity contribution >= 4 is 17.6 Å². The second kappa shape index (κ2) is 7.99. The van der Waals surface area contributed by atoms with Crippen molar-refractivity contribution in [3.05, 3.63) is 45.0 Å². The molecule has 0 aliphatic heterocycles. The van der Waals surface area contributed by atoms with Gasteiger partial charge in [0.1, 0.15) is 6.61 Å². The molecule has 0 atom stereocenters. The fourth-order valence-corrected chi connectivity index (χ4v) is 0.888. The highest BCUT2D eigenvalue weighted by molar-refractivity contribution is 6.30. The molecule has 5 N–H and O–H groups in total. The third-order valence-electron chi connectivity index (χ3n) is 1.31. The molecule has 0 spiro atoms. The standard InChI is InChI=1S/C8H10ClN3O.HNO3/c9-7-3-1-6(2-4-7)5-13-12-8(10)11;2-1(3)4/h1-4H,5H2,(H4,10,11,12);(H,2,3,4). The molecule has 17 heavy (non-hydrogen) atoms. The van der Waals surface area contributed by atoms with Gasteiger partial charge < -0.3 is 21.5 Å². The molecule has 0 fully saturated rings. The van der Waals surface area contributed by atoms with Gasteiger partial charge in [-0.1, -0.05) is 23.7 Å². The molecule has 0 bridgehead atoms. The zero-order valence-electron chi connectivity index (χ0n) is 8.62. The van der Waals surface area contributed by atoms with E-state index in [9.17, 15) is 0 Å². The van der Waals surface area contributed by atoms with Crippen LogP contribution in [0.1, 0.15) is 5.56 Å². The van der Waals surface area contributed by atoms with Gasteiger partial charge in [-0.3, -0.25) is 0 Å². The minimum Gasteiger partial charge on any atom is -0.388 e. The number of nitrogens with zero attached hydrogens (tertiary/aromatic N) is 2. The molecule has 0 saturated carbocycles. The molecule has 1 rings (SSSR count). The molecule has 94 valence electrons. The van der Waals surface area contributed by atoms with E-state index in [0.29, 0.717) is 11.6 Å². The quantitative estimate of drug-likeness (QED) is 0.317. The number of benzene rings is 1. The molecule has 0 amide bonds. The molecule has 0 radical (unpaired) electrons. The Morgan fingerprint density at radius 1 is 1.47 bits per heavy atom. The van der Waals surface area contributed by atoms with E-state index in [-0.39, 0.29) is 5.96 Å². The Morgan fingerprint density at radius 2 is 1.94 bits per heavy atom. The summed E-state index contributed by atoms with van der Waals surface area (Å²) in [6, 6.07) is 7.22. The lowest BCUT2D eigenvalue weighted by atomic mass is 10.2. The smallest absolute Gasteiger partial charge is 0.291 e. The molecule has 0 aliphatic carbocycles. The summed E-state index contributed by atoms with van der Waals surface area (Å²) in [7, 11) is 0. The topological polar surface area (TPSA) is 137 Å². The first kappa shape index (κ1) is 14.8. The van der Waals surface area contributed by atoms with Crippen LogP contribution < -0.4 is 11.5 Å². The first-order chi connectivity index (χ1) is 7.91. The number of guanidine groups is 1. The van der Waals surface area contributed by atoms with E-state index in [2.05, 4.69) is 5.16 Å². The van der Waals surface area contributed by atoms with Crippen LogP contribution in [0.3, 0.4) is 0 Å². The second-order valence-corrected chi connectivity index (χ2v) is 3.09. The van der Waals surface area contributed by atoms with Gasteiger partial charge in [0.2, 0.25) is 5.96 Å². The van der Waals surface area contributed by atoms with Crippen molar-refractivity contribution in [3.8, 4) is 0 Å². The molecule has 9 heteroatoms. The van der Waals surface area contributed by atoms with Gasteiger partial charge in [0, 0.05) is 5.02 Å². The van der Waals surface area contributed by atoms with Gasteiger partial charge >= 0.3 is 0 Å². The normalized spacial score (nSPS) is 8.53. The third-order valence-corrected chi connectivity index (χ3v) is 1.57. The zero-order chi connectivity index (χ0) is 13.3. The SMILES string of the molecule is NC(N)=NOCc1ccc(Cl)cc1.O=[N+]([O-])O. The minimum atomic E-state index is -1.50. The zero-order valence-corrected chi connectivity index (χ0v) is 9.37. The number of halogens is 1. The lowest BCUT2D eigenvalue weighted by Gasteiger charge is -1.99. The summed E-state index contributed by atoms with van der Waals surface area (Å²) in [4.78, 5) is 13.2. The highest BCUT2D eigenvalue weighted by Gasteiger charge is 1.92. The van der Waals surface area contributed by atoms with Gasteiger partial charge in [0.05, 0.1) is 0 Å². The summed E-state index contributed by atoms with van der Waals surface area (Å²) in [6.07, 6.45) is 0. The van der Waals surface area contributed by atoms with E-state index < -0.39 is 5.09 Å². The Labute approximate surface area is 102 Å². The average Bonchev–Trinajstić information content (AvgIpc) is 2.19. The molecule has 0 saturated heterocycles. The van der Waals surface area contributed by atoms with Crippen LogP contribution in [0.5, 0.6) is 0 Å². The van der Waals surface area contributed by atoms with E-state index in [1.807, 2.05) is 12.1 Å². The Morgan fingerprint density at radius 3 is 2.35 bits per heavy atom. The molecular formula is C8H11ClN4O4. The number of oxime groups is 1. The second-order valence-electron chi connectivity index (χ2n) is 2.65. The Balaban J connectivity index is 0.000000557. The summed E-state index contributed by atoms with van der Waals surface area (Å²) >= 11 is 5.69. The van der Waals surface area contributed by atoms with E-state index >= 15 is 0 Å². The van der Waals surface area contributed by atoms with Crippen molar-refractivity contribution in [3.63, 3.8) is 0 Å². The number of hydrogen-bond acceptors (Lipinski definition) is 4. The summed E-state index contributed by atoms with van der Waals surface area (Å²) in [6.45, 7) is 0.328. The number of nitrogens with two attached hydrogens (primary N) is 2. The summed E-state index contributed by atoms with van der Waals surface area (Å²) < 4.78 is 0. The summed E-state index contributed by atoms with van der Waals surface area (Å²) in [5, 5.41) is 17.7. The van der Waals surface area contributed by atoms with Crippen LogP contribution >= 0.6 is 11.6 Å². The molecule has 0 heterocycles. The van der Waals surface area contributed by atoms with E-state index in [0.717, 1.165) is 5.56 Å². The first-order valence-corrected chi connectivity index (χ1v) is 4.58. The summed E-state index contributed by atoms with van der Waals surface area (Å²) in [5.74, 6) is -0.0889. The summed E-state index contributed by atoms with van der Waals surface area (Å²) in [5.41, 5.74) is 11.1. The van der Waals surface area contributed by atoms with Crippen LogP contribution in [-0.2, 0) is 11.4 Å². The maximum absolute atomic E-state index is 8.36. The molecule has 8 nitrogen and oxygen atoms in total. The van der Waals surface area contributed by atoms with E-state index in [1.165, 1.54) is 0 Å². The molecule has 0 unspecified atom stereocenters. The average molecular weight is 263 g/mol. The van der Waals surface area contributed by atoms with Crippen LogP contribution in [0.4, 0.5) is 0 Å². The number of hydrogen-bond donors (Lipinski definition) is 3. The maximum Gasteiger partial charge on any atom is 0.291 e. The van der Waals surface area contributed by atoms with Gasteiger partial charge in [-0.05, 0) is 22.9 Å². The fourth-order valence-electron chi connectivity index (χ4n) is 0.762. The highest BCUT2D eigenvalue weighted by atomic mass is 35.5. The lowest BCUT2D eigenvalue weighted by molar-refractivity contribution is -0.742. The molecule has 1 aromatic rings. The van der Waals surface area contributed by atoms with Crippen molar-refractivity contribution < 1.29 is 15.1 Å². The molecular weight excluding hydrogens is 252 g/mol. The van der Waals surface area contributed by atoms with Gasteiger partial charge in [-0.25, -0.2) is 0 Å². The predicted molar refractivity (Wildman–Crippen MR) is 60.8 cm³/mol. The molecule has 0 aliphatic rings. The van der Waals surface area contributed by atoms with Gasteiger partial charge in [0.25, 0.3) is 5.09 Å². The van der Waals surface area contributed by atoms with Gasteiger partial charge in [-0.15, -0.1) is 10.1 Å². The van der Waals surface area contributed by atoms with Crippen LogP contribution in [0.25, 0.3) is 0 Å². The van der Waals surface area contributed by atoms with Crippen molar-refractivity contribution in [1.82, 2.24) is 0 Å². The fraction of sp³-hybridized carbons (Fsp3) is 0.125. The van der Waals surface area contributed by atoms with E-state index in [1.54, 1.807) is 12.1 Å². The first-order valence-electron chi connectivity index (χ1n) is 4.20.